The van der Waals surface area contributed by atoms with Crippen molar-refractivity contribution in [1.29, 1.82) is 5.41 Å². The summed E-state index contributed by atoms with van der Waals surface area (Å²) in [4.78, 5) is 11.7. The van der Waals surface area contributed by atoms with Crippen molar-refractivity contribution in [2.24, 2.45) is 5.73 Å². The van der Waals surface area contributed by atoms with Gasteiger partial charge >= 0.3 is 0 Å². The highest BCUT2D eigenvalue weighted by Gasteiger charge is 2.01. The summed E-state index contributed by atoms with van der Waals surface area (Å²) in [7, 11) is 4.25. The average Bonchev–Trinajstić information content (AvgIpc) is 3.06. The van der Waals surface area contributed by atoms with Crippen molar-refractivity contribution in [3.05, 3.63) is 0 Å². The standard InChI is InChI=1S/C29H59N3O13S2/c1-34-5-6-36-9-10-38-13-14-40-17-18-42-21-22-44-25-26-45-24-23-43-20-19-41-16-15-39-12-11-37-8-7-35-4-2-28(33)32-3-27-46-47-29(30)31/h2-27H2,1H3,(H3,30,31)(H,32,33). The molecule has 1 amide bonds. The number of ether oxygens (including phenoxy) is 12. The highest BCUT2D eigenvalue weighted by atomic mass is 33.1. The second-order valence-electron chi connectivity index (χ2n) is 9.10. The SMILES string of the molecule is COCCOCCOCCOCCOCCOCCOCCOCCOCCOCCOCCOCCC(=O)NCCSSC(=N)N. The maximum absolute atomic E-state index is 11.7. The first-order valence-electron chi connectivity index (χ1n) is 15.9. The van der Waals surface area contributed by atoms with Crippen molar-refractivity contribution in [2.75, 3.05) is 171 Å². The van der Waals surface area contributed by atoms with Gasteiger partial charge in [-0.15, -0.1) is 0 Å². The summed E-state index contributed by atoms with van der Waals surface area (Å²) in [6, 6.07) is 0. The van der Waals surface area contributed by atoms with Gasteiger partial charge in [0.1, 0.15) is 0 Å². The third-order valence-corrected chi connectivity index (χ3v) is 7.34. The van der Waals surface area contributed by atoms with Crippen LogP contribution in [0.25, 0.3) is 0 Å². The summed E-state index contributed by atoms with van der Waals surface area (Å²) >= 11 is 0. The number of nitrogens with two attached hydrogens (primary N) is 1. The molecule has 0 aliphatic heterocycles. The summed E-state index contributed by atoms with van der Waals surface area (Å²) in [5, 5.41) is 9.93. The highest BCUT2D eigenvalue weighted by molar-refractivity contribution is 8.82. The van der Waals surface area contributed by atoms with Gasteiger partial charge in [-0.3, -0.25) is 10.2 Å². The van der Waals surface area contributed by atoms with Gasteiger partial charge in [-0.25, -0.2) is 0 Å². The zero-order chi connectivity index (χ0) is 34.1. The lowest BCUT2D eigenvalue weighted by Gasteiger charge is -2.09. The molecule has 0 aliphatic carbocycles. The topological polar surface area (TPSA) is 190 Å². The number of rotatable bonds is 40. The molecule has 16 nitrogen and oxygen atoms in total. The molecule has 0 heterocycles. The molecule has 0 aromatic carbocycles. The van der Waals surface area contributed by atoms with E-state index in [-0.39, 0.29) is 11.1 Å². The number of carbonyl (C=O) groups excluding carboxylic acids is 1. The van der Waals surface area contributed by atoms with Crippen LogP contribution < -0.4 is 11.1 Å². The van der Waals surface area contributed by atoms with Crippen LogP contribution in [0.4, 0.5) is 0 Å². The van der Waals surface area contributed by atoms with Gasteiger partial charge in [0.25, 0.3) is 0 Å². The summed E-state index contributed by atoms with van der Waals surface area (Å²) in [6.07, 6.45) is 0.295. The Morgan fingerprint density at radius 3 is 1.06 bits per heavy atom. The van der Waals surface area contributed by atoms with Gasteiger partial charge in [0.2, 0.25) is 5.91 Å². The Bertz CT molecular complexity index is 664. The van der Waals surface area contributed by atoms with Crippen LogP contribution in [0, 0.1) is 5.41 Å². The summed E-state index contributed by atoms with van der Waals surface area (Å²) < 4.78 is 64.6. The Balaban J connectivity index is 3.10. The first-order chi connectivity index (χ1) is 23.2. The van der Waals surface area contributed by atoms with Crippen molar-refractivity contribution in [3.8, 4) is 0 Å². The number of amidine groups is 1. The number of amides is 1. The Hall–Kier alpha value is -0.840. The van der Waals surface area contributed by atoms with Gasteiger partial charge in [-0.2, -0.15) is 0 Å². The van der Waals surface area contributed by atoms with Crippen molar-refractivity contribution in [2.45, 2.75) is 6.42 Å². The van der Waals surface area contributed by atoms with Crippen molar-refractivity contribution < 1.29 is 61.6 Å². The number of methoxy groups -OCH3 is 1. The van der Waals surface area contributed by atoms with E-state index in [0.29, 0.717) is 171 Å². The fourth-order valence-corrected chi connectivity index (χ4v) is 4.31. The zero-order valence-corrected chi connectivity index (χ0v) is 29.7. The summed E-state index contributed by atoms with van der Waals surface area (Å²) in [5.41, 5.74) is 5.23. The first kappa shape index (κ1) is 46.2. The van der Waals surface area contributed by atoms with E-state index in [0.717, 1.165) is 0 Å². The van der Waals surface area contributed by atoms with E-state index in [9.17, 15) is 4.79 Å². The molecule has 0 unspecified atom stereocenters. The lowest BCUT2D eigenvalue weighted by Crippen LogP contribution is -2.26. The number of hydrogen-bond donors (Lipinski definition) is 3. The van der Waals surface area contributed by atoms with Crippen LogP contribution in [0.3, 0.4) is 0 Å². The molecule has 280 valence electrons. The monoisotopic (exact) mass is 721 g/mol. The number of nitrogens with one attached hydrogen (secondary N) is 2. The molecule has 0 bridgehead atoms. The van der Waals surface area contributed by atoms with Gasteiger partial charge in [-0.05, 0) is 10.8 Å². The fraction of sp³-hybridized carbons (Fsp3) is 0.931. The van der Waals surface area contributed by atoms with Crippen LogP contribution in [0.1, 0.15) is 6.42 Å². The minimum Gasteiger partial charge on any atom is -0.382 e. The van der Waals surface area contributed by atoms with E-state index in [1.54, 1.807) is 7.11 Å². The second-order valence-corrected chi connectivity index (χ2v) is 11.6. The van der Waals surface area contributed by atoms with Crippen molar-refractivity contribution >= 4 is 32.7 Å². The van der Waals surface area contributed by atoms with E-state index < -0.39 is 0 Å². The average molecular weight is 722 g/mol. The third kappa shape index (κ3) is 43.1. The summed E-state index contributed by atoms with van der Waals surface area (Å²) in [6.45, 7) is 11.9. The minimum absolute atomic E-state index is 0.0559. The Kier molecular flexibility index (Phi) is 40.6. The van der Waals surface area contributed by atoms with Gasteiger partial charge in [0.05, 0.1) is 152 Å². The summed E-state index contributed by atoms with van der Waals surface area (Å²) in [5.74, 6) is 0.616. The number of hydrogen-bond acceptors (Lipinski definition) is 16. The molecule has 0 fully saturated rings. The smallest absolute Gasteiger partial charge is 0.222 e. The quantitative estimate of drug-likeness (QED) is 0.0345. The van der Waals surface area contributed by atoms with Crippen LogP contribution in [-0.4, -0.2) is 182 Å². The minimum atomic E-state index is -0.0692. The Morgan fingerprint density at radius 1 is 0.511 bits per heavy atom. The first-order valence-corrected chi connectivity index (χ1v) is 18.2. The lowest BCUT2D eigenvalue weighted by atomic mass is 10.4. The van der Waals surface area contributed by atoms with Crippen molar-refractivity contribution in [3.63, 3.8) is 0 Å². The van der Waals surface area contributed by atoms with Crippen molar-refractivity contribution in [1.82, 2.24) is 5.32 Å². The zero-order valence-electron chi connectivity index (χ0n) is 28.1. The molecule has 0 saturated heterocycles. The van der Waals surface area contributed by atoms with Crippen LogP contribution in [0.5, 0.6) is 0 Å². The molecule has 0 aromatic rings. The second kappa shape index (κ2) is 41.3. The van der Waals surface area contributed by atoms with Crippen LogP contribution >= 0.6 is 21.6 Å². The molecule has 0 spiro atoms. The molecule has 18 heteroatoms. The predicted molar refractivity (Wildman–Crippen MR) is 180 cm³/mol. The van der Waals surface area contributed by atoms with Crippen LogP contribution in [0.2, 0.25) is 0 Å². The van der Waals surface area contributed by atoms with E-state index in [1.807, 2.05) is 0 Å². The van der Waals surface area contributed by atoms with E-state index in [2.05, 4.69) is 5.32 Å². The van der Waals surface area contributed by atoms with E-state index in [1.165, 1.54) is 21.6 Å². The molecule has 0 atom stereocenters. The molecule has 0 aromatic heterocycles. The number of carbonyl (C=O) groups is 1. The fourth-order valence-electron chi connectivity index (χ4n) is 3.03. The van der Waals surface area contributed by atoms with Gasteiger partial charge in [0, 0.05) is 25.8 Å². The highest BCUT2D eigenvalue weighted by Crippen LogP contribution is 2.18. The molecule has 0 aliphatic rings. The predicted octanol–water partition coefficient (Wildman–Crippen LogP) is 0.597. The maximum atomic E-state index is 11.7. The van der Waals surface area contributed by atoms with Crippen LogP contribution in [0.15, 0.2) is 0 Å². The molecular formula is C29H59N3O13S2. The molecule has 0 rings (SSSR count). The Morgan fingerprint density at radius 2 is 0.787 bits per heavy atom. The van der Waals surface area contributed by atoms with Gasteiger partial charge in [-0.1, -0.05) is 10.8 Å². The third-order valence-electron chi connectivity index (χ3n) is 5.28. The molecule has 0 radical (unpaired) electrons. The Labute approximate surface area is 288 Å². The van der Waals surface area contributed by atoms with Gasteiger partial charge in [0.15, 0.2) is 5.17 Å². The van der Waals surface area contributed by atoms with E-state index >= 15 is 0 Å². The molecular weight excluding hydrogens is 662 g/mol. The van der Waals surface area contributed by atoms with Crippen LogP contribution in [-0.2, 0) is 61.6 Å². The molecule has 0 saturated carbocycles. The normalized spacial score (nSPS) is 11.3. The largest absolute Gasteiger partial charge is 0.382 e. The molecule has 47 heavy (non-hydrogen) atoms. The molecule has 4 N–H and O–H groups in total. The van der Waals surface area contributed by atoms with E-state index in [4.69, 9.17) is 68.0 Å². The lowest BCUT2D eigenvalue weighted by molar-refractivity contribution is -0.122. The maximum Gasteiger partial charge on any atom is 0.222 e. The van der Waals surface area contributed by atoms with Gasteiger partial charge < -0.3 is 67.9 Å².